The van der Waals surface area contributed by atoms with E-state index in [1.807, 2.05) is 0 Å². The molecule has 2 heterocycles. The highest BCUT2D eigenvalue weighted by molar-refractivity contribution is 7.92. The lowest BCUT2D eigenvalue weighted by atomic mass is 9.65. The van der Waals surface area contributed by atoms with Gasteiger partial charge in [0.2, 0.25) is 5.91 Å². The molecule has 0 bridgehead atoms. The van der Waals surface area contributed by atoms with Crippen molar-refractivity contribution in [3.8, 4) is 5.69 Å². The third kappa shape index (κ3) is 2.52. The van der Waals surface area contributed by atoms with E-state index in [1.165, 1.54) is 0 Å². The Morgan fingerprint density at radius 3 is 2.68 bits per heavy atom. The number of rotatable bonds is 4. The summed E-state index contributed by atoms with van der Waals surface area (Å²) in [5.41, 5.74) is 2.27. The van der Waals surface area contributed by atoms with Gasteiger partial charge >= 0.3 is 0 Å². The third-order valence-corrected chi connectivity index (χ3v) is 6.95. The number of benzene rings is 2. The highest BCUT2D eigenvalue weighted by Crippen LogP contribution is 2.51. The Morgan fingerprint density at radius 1 is 1.11 bits per heavy atom. The molecular weight excluding hydrogens is 376 g/mol. The van der Waals surface area contributed by atoms with Crippen LogP contribution in [0.1, 0.15) is 24.8 Å². The maximum atomic E-state index is 12.9. The number of nitrogens with one attached hydrogen (secondary N) is 2. The Labute approximate surface area is 162 Å². The molecule has 0 unspecified atom stereocenters. The van der Waals surface area contributed by atoms with Crippen LogP contribution in [0.3, 0.4) is 0 Å². The van der Waals surface area contributed by atoms with Crippen LogP contribution in [0.2, 0.25) is 0 Å². The number of sulfonamides is 1. The van der Waals surface area contributed by atoms with Gasteiger partial charge in [-0.15, -0.1) is 0 Å². The van der Waals surface area contributed by atoms with Crippen LogP contribution in [0.25, 0.3) is 5.69 Å². The summed E-state index contributed by atoms with van der Waals surface area (Å²) in [4.78, 5) is 12.5. The number of nitrogens with zero attached hydrogens (tertiary/aromatic N) is 2. The number of anilines is 2. The molecule has 8 heteroatoms. The maximum absolute atomic E-state index is 12.9. The third-order valence-electron chi connectivity index (χ3n) is 5.57. The van der Waals surface area contributed by atoms with Crippen LogP contribution in [0, 0.1) is 0 Å². The monoisotopic (exact) mass is 394 g/mol. The van der Waals surface area contributed by atoms with Crippen molar-refractivity contribution in [2.45, 2.75) is 29.6 Å². The van der Waals surface area contributed by atoms with E-state index in [4.69, 9.17) is 0 Å². The van der Waals surface area contributed by atoms with Gasteiger partial charge in [0.05, 0.1) is 16.0 Å². The van der Waals surface area contributed by atoms with Crippen molar-refractivity contribution in [2.75, 3.05) is 10.0 Å². The zero-order valence-electron chi connectivity index (χ0n) is 14.9. The average Bonchev–Trinajstić information content (AvgIpc) is 3.26. The number of hydrogen-bond acceptors (Lipinski definition) is 4. The van der Waals surface area contributed by atoms with Gasteiger partial charge in [0.15, 0.2) is 0 Å². The van der Waals surface area contributed by atoms with E-state index in [-0.39, 0.29) is 10.8 Å². The van der Waals surface area contributed by atoms with Crippen LogP contribution < -0.4 is 10.0 Å². The Bertz CT molecular complexity index is 1180. The maximum Gasteiger partial charge on any atom is 0.261 e. The first kappa shape index (κ1) is 17.0. The first-order valence-electron chi connectivity index (χ1n) is 9.07. The molecule has 142 valence electrons. The molecule has 1 amide bonds. The second-order valence-corrected chi connectivity index (χ2v) is 8.89. The smallest absolute Gasteiger partial charge is 0.261 e. The van der Waals surface area contributed by atoms with Crippen LogP contribution >= 0.6 is 0 Å². The zero-order chi connectivity index (χ0) is 19.4. The summed E-state index contributed by atoms with van der Waals surface area (Å²) in [5.74, 6) is 0.0145. The Balaban J connectivity index is 1.47. The lowest BCUT2D eigenvalue weighted by Crippen LogP contribution is -2.40. The molecule has 5 rings (SSSR count). The lowest BCUT2D eigenvalue weighted by Gasteiger charge is -2.36. The Kier molecular flexibility index (Phi) is 3.60. The fourth-order valence-electron chi connectivity index (χ4n) is 3.93. The van der Waals surface area contributed by atoms with Crippen molar-refractivity contribution in [2.24, 2.45) is 0 Å². The van der Waals surface area contributed by atoms with E-state index in [2.05, 4.69) is 15.1 Å². The molecule has 0 atom stereocenters. The first-order chi connectivity index (χ1) is 13.5. The molecule has 2 aromatic carbocycles. The molecule has 1 fully saturated rings. The van der Waals surface area contributed by atoms with Crippen molar-refractivity contribution in [1.82, 2.24) is 9.78 Å². The molecular formula is C20H18N4O3S. The van der Waals surface area contributed by atoms with Gasteiger partial charge in [0.1, 0.15) is 0 Å². The van der Waals surface area contributed by atoms with Crippen LogP contribution in [-0.2, 0) is 20.2 Å². The number of fused-ring (bicyclic) bond motifs is 2. The van der Waals surface area contributed by atoms with Crippen molar-refractivity contribution in [3.05, 3.63) is 66.5 Å². The van der Waals surface area contributed by atoms with E-state index >= 15 is 0 Å². The lowest BCUT2D eigenvalue weighted by molar-refractivity contribution is -0.123. The summed E-state index contributed by atoms with van der Waals surface area (Å²) >= 11 is 0. The molecule has 1 spiro atoms. The van der Waals surface area contributed by atoms with E-state index in [0.29, 0.717) is 11.4 Å². The molecule has 28 heavy (non-hydrogen) atoms. The van der Waals surface area contributed by atoms with Crippen molar-refractivity contribution in [3.63, 3.8) is 0 Å². The first-order valence-corrected chi connectivity index (χ1v) is 10.6. The minimum absolute atomic E-state index is 0.0145. The van der Waals surface area contributed by atoms with E-state index < -0.39 is 15.4 Å². The van der Waals surface area contributed by atoms with E-state index in [1.54, 1.807) is 65.6 Å². The summed E-state index contributed by atoms with van der Waals surface area (Å²) in [7, 11) is -3.78. The molecule has 2 aliphatic rings. The van der Waals surface area contributed by atoms with Gasteiger partial charge in [0, 0.05) is 23.8 Å². The standard InChI is InChI=1S/C20H18N4O3S/c25-19-20(8-2-9-20)17-12-14(6-7-18(17)22-19)23-28(26,27)16-5-1-4-15(13-16)24-11-3-10-21-24/h1,3-7,10-13,23H,2,8-9H2,(H,22,25). The van der Waals surface area contributed by atoms with Gasteiger partial charge in [-0.05, 0) is 60.9 Å². The van der Waals surface area contributed by atoms with Gasteiger partial charge in [-0.2, -0.15) is 5.10 Å². The molecule has 1 aromatic heterocycles. The number of carbonyl (C=O) groups is 1. The highest BCUT2D eigenvalue weighted by Gasteiger charge is 2.51. The molecule has 1 saturated carbocycles. The fourth-order valence-corrected chi connectivity index (χ4v) is 5.02. The molecule has 0 saturated heterocycles. The predicted octanol–water partition coefficient (Wildman–Crippen LogP) is 3.05. The summed E-state index contributed by atoms with van der Waals surface area (Å²) in [6, 6.07) is 13.6. The number of hydrogen-bond donors (Lipinski definition) is 2. The van der Waals surface area contributed by atoms with E-state index in [0.717, 1.165) is 30.5 Å². The van der Waals surface area contributed by atoms with Crippen molar-refractivity contribution in [1.29, 1.82) is 0 Å². The zero-order valence-corrected chi connectivity index (χ0v) is 15.7. The molecule has 1 aliphatic carbocycles. The van der Waals surface area contributed by atoms with Gasteiger partial charge in [0.25, 0.3) is 10.0 Å². The number of carbonyl (C=O) groups excluding carboxylic acids is 1. The SMILES string of the molecule is O=C1Nc2ccc(NS(=O)(=O)c3cccc(-n4cccn4)c3)cc2C12CCC2. The van der Waals surface area contributed by atoms with Crippen LogP contribution in [0.5, 0.6) is 0 Å². The van der Waals surface area contributed by atoms with Crippen LogP contribution in [0.15, 0.2) is 65.8 Å². The van der Waals surface area contributed by atoms with Gasteiger partial charge < -0.3 is 5.32 Å². The summed E-state index contributed by atoms with van der Waals surface area (Å²) in [6.45, 7) is 0. The van der Waals surface area contributed by atoms with E-state index in [9.17, 15) is 13.2 Å². The number of amides is 1. The molecule has 0 radical (unpaired) electrons. The topological polar surface area (TPSA) is 93.1 Å². The van der Waals surface area contributed by atoms with Crippen LogP contribution in [-0.4, -0.2) is 24.1 Å². The highest BCUT2D eigenvalue weighted by atomic mass is 32.2. The minimum Gasteiger partial charge on any atom is -0.325 e. The Morgan fingerprint density at radius 2 is 1.96 bits per heavy atom. The van der Waals surface area contributed by atoms with Gasteiger partial charge in [-0.1, -0.05) is 12.5 Å². The minimum atomic E-state index is -3.78. The second kappa shape index (κ2) is 5.93. The predicted molar refractivity (Wildman–Crippen MR) is 105 cm³/mol. The van der Waals surface area contributed by atoms with Crippen molar-refractivity contribution < 1.29 is 13.2 Å². The average molecular weight is 394 g/mol. The normalized spacial score (nSPS) is 17.1. The van der Waals surface area contributed by atoms with Gasteiger partial charge in [-0.25, -0.2) is 13.1 Å². The van der Waals surface area contributed by atoms with Crippen LogP contribution in [0.4, 0.5) is 11.4 Å². The molecule has 1 aliphatic heterocycles. The fraction of sp³-hybridized carbons (Fsp3) is 0.200. The van der Waals surface area contributed by atoms with Gasteiger partial charge in [-0.3, -0.25) is 9.52 Å². The second-order valence-electron chi connectivity index (χ2n) is 7.20. The Hall–Kier alpha value is -3.13. The summed E-state index contributed by atoms with van der Waals surface area (Å²) in [6.07, 6.45) is 5.99. The van der Waals surface area contributed by atoms with Crippen molar-refractivity contribution >= 4 is 27.3 Å². The number of aromatic nitrogens is 2. The quantitative estimate of drug-likeness (QED) is 0.711. The molecule has 2 N–H and O–H groups in total. The summed E-state index contributed by atoms with van der Waals surface area (Å²) < 4.78 is 30.1. The largest absolute Gasteiger partial charge is 0.325 e. The molecule has 3 aromatic rings. The molecule has 7 nitrogen and oxygen atoms in total. The summed E-state index contributed by atoms with van der Waals surface area (Å²) in [5, 5.41) is 7.04.